The summed E-state index contributed by atoms with van der Waals surface area (Å²) in [6, 6.07) is 0. The van der Waals surface area contributed by atoms with Crippen molar-refractivity contribution < 1.29 is 4.43 Å². The molecule has 0 aliphatic rings. The van der Waals surface area contributed by atoms with Gasteiger partial charge in [-0.2, -0.15) is 0 Å². The SMILES string of the molecule is CC(C)[Si](OCCN(C)CCCl)(C(C)C)C(C)C. The van der Waals surface area contributed by atoms with Crippen LogP contribution in [0.2, 0.25) is 16.6 Å². The minimum absolute atomic E-state index is 0.663. The van der Waals surface area contributed by atoms with Crippen molar-refractivity contribution in [3.63, 3.8) is 0 Å². The van der Waals surface area contributed by atoms with Crippen molar-refractivity contribution in [1.29, 1.82) is 0 Å². The van der Waals surface area contributed by atoms with Crippen molar-refractivity contribution in [1.82, 2.24) is 4.90 Å². The highest BCUT2D eigenvalue weighted by molar-refractivity contribution is 6.77. The van der Waals surface area contributed by atoms with Crippen LogP contribution < -0.4 is 0 Å². The second-order valence-corrected chi connectivity index (χ2v) is 12.0. The van der Waals surface area contributed by atoms with Gasteiger partial charge in [0.05, 0.1) is 0 Å². The zero-order valence-corrected chi connectivity index (χ0v) is 15.0. The van der Waals surface area contributed by atoms with Crippen LogP contribution in [0.15, 0.2) is 0 Å². The molecule has 0 aromatic carbocycles. The summed E-state index contributed by atoms with van der Waals surface area (Å²) in [6.07, 6.45) is 0. The minimum Gasteiger partial charge on any atom is -0.415 e. The standard InChI is InChI=1S/C14H32ClNOSi/c1-12(2)18(13(3)4,14(5)6)17-11-10-16(7)9-8-15/h12-14H,8-11H2,1-7H3. The van der Waals surface area contributed by atoms with Gasteiger partial charge in [-0.25, -0.2) is 0 Å². The summed E-state index contributed by atoms with van der Waals surface area (Å²) in [5.41, 5.74) is 1.99. The molecule has 0 amide bonds. The van der Waals surface area contributed by atoms with Gasteiger partial charge in [0.1, 0.15) is 0 Å². The van der Waals surface area contributed by atoms with Crippen LogP contribution in [0.25, 0.3) is 0 Å². The third kappa shape index (κ3) is 4.84. The number of hydrogen-bond donors (Lipinski definition) is 0. The Labute approximate surface area is 120 Å². The van der Waals surface area contributed by atoms with Crippen molar-refractivity contribution in [3.8, 4) is 0 Å². The molecule has 0 saturated heterocycles. The van der Waals surface area contributed by atoms with Crippen molar-refractivity contribution in [2.45, 2.75) is 58.2 Å². The summed E-state index contributed by atoms with van der Waals surface area (Å²) in [6.45, 7) is 16.7. The number of nitrogens with zero attached hydrogens (tertiary/aromatic N) is 1. The van der Waals surface area contributed by atoms with Crippen LogP contribution in [0.4, 0.5) is 0 Å². The van der Waals surface area contributed by atoms with Crippen LogP contribution in [0, 0.1) is 0 Å². The van der Waals surface area contributed by atoms with Gasteiger partial charge in [-0.15, -0.1) is 11.6 Å². The van der Waals surface area contributed by atoms with Crippen LogP contribution in [-0.2, 0) is 4.43 Å². The van der Waals surface area contributed by atoms with Crippen LogP contribution in [-0.4, -0.2) is 45.8 Å². The molecule has 0 spiro atoms. The predicted octanol–water partition coefficient (Wildman–Crippen LogP) is 4.35. The van der Waals surface area contributed by atoms with Crippen molar-refractivity contribution in [2.24, 2.45) is 0 Å². The topological polar surface area (TPSA) is 12.5 Å². The largest absolute Gasteiger partial charge is 0.415 e. The first-order valence-corrected chi connectivity index (χ1v) is 9.84. The summed E-state index contributed by atoms with van der Waals surface area (Å²) in [7, 11) is 0.429. The van der Waals surface area contributed by atoms with E-state index in [1.165, 1.54) is 0 Å². The third-order valence-electron chi connectivity index (χ3n) is 4.00. The summed E-state index contributed by atoms with van der Waals surface area (Å²) in [4.78, 5) is 2.24. The van der Waals surface area contributed by atoms with Gasteiger partial charge in [0.2, 0.25) is 0 Å². The average Bonchev–Trinajstić information content (AvgIpc) is 2.23. The molecule has 0 aromatic heterocycles. The highest BCUT2D eigenvalue weighted by Crippen LogP contribution is 2.42. The highest BCUT2D eigenvalue weighted by atomic mass is 35.5. The van der Waals surface area contributed by atoms with E-state index in [0.29, 0.717) is 22.5 Å². The second kappa shape index (κ2) is 8.57. The van der Waals surface area contributed by atoms with Crippen LogP contribution in [0.1, 0.15) is 41.5 Å². The summed E-state index contributed by atoms with van der Waals surface area (Å²) >= 11 is 5.74. The quantitative estimate of drug-likeness (QED) is 0.463. The lowest BCUT2D eigenvalue weighted by molar-refractivity contribution is 0.222. The summed E-state index contributed by atoms with van der Waals surface area (Å²) < 4.78 is 6.49. The molecule has 0 atom stereocenters. The maximum Gasteiger partial charge on any atom is 0.200 e. The van der Waals surface area contributed by atoms with E-state index in [0.717, 1.165) is 19.7 Å². The molecule has 4 heteroatoms. The maximum atomic E-state index is 6.49. The molecule has 0 aliphatic carbocycles. The van der Waals surface area contributed by atoms with Crippen molar-refractivity contribution in [3.05, 3.63) is 0 Å². The number of likely N-dealkylation sites (N-methyl/N-ethyl adjacent to an activating group) is 1. The van der Waals surface area contributed by atoms with Crippen LogP contribution >= 0.6 is 11.6 Å². The van der Waals surface area contributed by atoms with Gasteiger partial charge in [-0.3, -0.25) is 0 Å². The first kappa shape index (κ1) is 18.4. The van der Waals surface area contributed by atoms with E-state index >= 15 is 0 Å². The fourth-order valence-corrected chi connectivity index (χ4v) is 8.87. The Kier molecular flexibility index (Phi) is 8.77. The zero-order valence-electron chi connectivity index (χ0n) is 13.3. The fraction of sp³-hybridized carbons (Fsp3) is 1.00. The molecule has 110 valence electrons. The molecule has 0 N–H and O–H groups in total. The normalized spacial score (nSPS) is 13.3. The summed E-state index contributed by atoms with van der Waals surface area (Å²) in [5, 5.41) is 0. The van der Waals surface area contributed by atoms with E-state index in [1.807, 2.05) is 0 Å². The number of halogens is 1. The van der Waals surface area contributed by atoms with Gasteiger partial charge in [0.25, 0.3) is 0 Å². The second-order valence-electron chi connectivity index (χ2n) is 6.16. The lowest BCUT2D eigenvalue weighted by Crippen LogP contribution is -2.49. The maximum absolute atomic E-state index is 6.49. The molecule has 0 aliphatic heterocycles. The highest BCUT2D eigenvalue weighted by Gasteiger charge is 2.44. The molecule has 2 nitrogen and oxygen atoms in total. The van der Waals surface area contributed by atoms with E-state index in [9.17, 15) is 0 Å². The van der Waals surface area contributed by atoms with Gasteiger partial charge >= 0.3 is 0 Å². The van der Waals surface area contributed by atoms with Crippen molar-refractivity contribution >= 4 is 19.9 Å². The Hall–Kier alpha value is 0.427. The molecule has 0 heterocycles. The predicted molar refractivity (Wildman–Crippen MR) is 85.2 cm³/mol. The minimum atomic E-state index is -1.68. The fourth-order valence-electron chi connectivity index (χ4n) is 3.13. The Morgan fingerprint density at radius 3 is 1.72 bits per heavy atom. The summed E-state index contributed by atoms with van der Waals surface area (Å²) in [5.74, 6) is 0.692. The molecule has 0 unspecified atom stereocenters. The first-order valence-electron chi connectivity index (χ1n) is 7.17. The Bertz CT molecular complexity index is 200. The molecule has 0 aromatic rings. The number of rotatable bonds is 9. The van der Waals surface area contributed by atoms with E-state index in [1.54, 1.807) is 0 Å². The lowest BCUT2D eigenvalue weighted by Gasteiger charge is -2.42. The van der Waals surface area contributed by atoms with E-state index in [4.69, 9.17) is 16.0 Å². The lowest BCUT2D eigenvalue weighted by atomic mass is 10.5. The molecule has 18 heavy (non-hydrogen) atoms. The van der Waals surface area contributed by atoms with Crippen molar-refractivity contribution in [2.75, 3.05) is 32.6 Å². The smallest absolute Gasteiger partial charge is 0.200 e. The molecule has 0 radical (unpaired) electrons. The third-order valence-corrected chi connectivity index (χ3v) is 10.3. The van der Waals surface area contributed by atoms with E-state index in [2.05, 4.69) is 53.5 Å². The van der Waals surface area contributed by atoms with E-state index < -0.39 is 8.32 Å². The van der Waals surface area contributed by atoms with Gasteiger partial charge in [0.15, 0.2) is 8.32 Å². The molecule has 0 saturated carbocycles. The molecular weight excluding hydrogens is 262 g/mol. The van der Waals surface area contributed by atoms with Gasteiger partial charge in [-0.1, -0.05) is 41.5 Å². The van der Waals surface area contributed by atoms with Gasteiger partial charge in [-0.05, 0) is 23.7 Å². The molecular formula is C14H32ClNOSi. The first-order chi connectivity index (χ1) is 8.28. The molecule has 0 rings (SSSR count). The Balaban J connectivity index is 4.52. The van der Waals surface area contributed by atoms with E-state index in [-0.39, 0.29) is 0 Å². The Morgan fingerprint density at radius 2 is 1.39 bits per heavy atom. The monoisotopic (exact) mass is 293 g/mol. The number of alkyl halides is 1. The van der Waals surface area contributed by atoms with Gasteiger partial charge in [0, 0.05) is 25.6 Å². The molecule has 0 fully saturated rings. The molecule has 0 bridgehead atoms. The van der Waals surface area contributed by atoms with Crippen LogP contribution in [0.5, 0.6) is 0 Å². The zero-order chi connectivity index (χ0) is 14.3. The average molecular weight is 294 g/mol. The Morgan fingerprint density at radius 1 is 0.944 bits per heavy atom. The van der Waals surface area contributed by atoms with Crippen LogP contribution in [0.3, 0.4) is 0 Å². The van der Waals surface area contributed by atoms with Gasteiger partial charge < -0.3 is 9.33 Å². The number of hydrogen-bond acceptors (Lipinski definition) is 2.